The maximum absolute atomic E-state index is 12.3. The van der Waals surface area contributed by atoms with Crippen LogP contribution in [0.4, 0.5) is 0 Å². The first-order chi connectivity index (χ1) is 11.1. The summed E-state index contributed by atoms with van der Waals surface area (Å²) in [5.74, 6) is 1.73. The largest absolute Gasteiger partial charge is 0.497 e. The van der Waals surface area contributed by atoms with E-state index in [2.05, 4.69) is 0 Å². The highest BCUT2D eigenvalue weighted by Gasteiger charge is 2.09. The van der Waals surface area contributed by atoms with E-state index in [0.717, 1.165) is 5.56 Å². The van der Waals surface area contributed by atoms with Crippen molar-refractivity contribution in [1.82, 2.24) is 0 Å². The lowest BCUT2D eigenvalue weighted by atomic mass is 10.1. The van der Waals surface area contributed by atoms with E-state index >= 15 is 0 Å². The molecule has 0 unspecified atom stereocenters. The molecule has 0 heterocycles. The monoisotopic (exact) mass is 332 g/mol. The van der Waals surface area contributed by atoms with Crippen molar-refractivity contribution in [3.63, 3.8) is 0 Å². The van der Waals surface area contributed by atoms with Gasteiger partial charge in [0.05, 0.1) is 26.4 Å². The average molecular weight is 333 g/mol. The number of rotatable bonds is 6. The molecule has 2 rings (SSSR count). The van der Waals surface area contributed by atoms with Crippen LogP contribution in [-0.2, 0) is 0 Å². The van der Waals surface area contributed by atoms with Crippen molar-refractivity contribution in [3.05, 3.63) is 58.6 Å². The molecule has 0 atom stereocenters. The maximum Gasteiger partial charge on any atom is 0.187 e. The molecule has 0 fully saturated rings. The number of carbonyl (C=O) groups excluding carboxylic acids is 1. The minimum absolute atomic E-state index is 0.206. The van der Waals surface area contributed by atoms with E-state index in [9.17, 15) is 4.79 Å². The fourth-order valence-corrected chi connectivity index (χ4v) is 2.31. The molecule has 2 aromatic carbocycles. The Labute approximate surface area is 140 Å². The summed E-state index contributed by atoms with van der Waals surface area (Å²) in [6, 6.07) is 10.3. The predicted molar refractivity (Wildman–Crippen MR) is 90.9 cm³/mol. The molecule has 0 bridgehead atoms. The number of halogens is 1. The van der Waals surface area contributed by atoms with Crippen molar-refractivity contribution in [1.29, 1.82) is 0 Å². The van der Waals surface area contributed by atoms with E-state index < -0.39 is 0 Å². The van der Waals surface area contributed by atoms with Gasteiger partial charge in [-0.3, -0.25) is 4.79 Å². The van der Waals surface area contributed by atoms with Gasteiger partial charge in [0.2, 0.25) is 0 Å². The Hall–Kier alpha value is -2.46. The standard InChI is InChI=1S/C18H17ClO4/c1-21-13-6-9-18(23-3)12(10-13)4-8-17(20)15-7-5-14(22-2)11-16(15)19/h4-11H,1-3H3/b8-4+. The smallest absolute Gasteiger partial charge is 0.187 e. The first-order valence-corrected chi connectivity index (χ1v) is 7.24. The summed E-state index contributed by atoms with van der Waals surface area (Å²) in [4.78, 5) is 12.3. The van der Waals surface area contributed by atoms with Crippen molar-refractivity contribution in [3.8, 4) is 17.2 Å². The van der Waals surface area contributed by atoms with Gasteiger partial charge < -0.3 is 14.2 Å². The third-order valence-electron chi connectivity index (χ3n) is 3.29. The van der Waals surface area contributed by atoms with E-state index in [1.54, 1.807) is 63.8 Å². The van der Waals surface area contributed by atoms with Gasteiger partial charge in [0.1, 0.15) is 17.2 Å². The minimum atomic E-state index is -0.206. The summed E-state index contributed by atoms with van der Waals surface area (Å²) in [7, 11) is 4.70. The van der Waals surface area contributed by atoms with E-state index in [1.165, 1.54) is 6.08 Å². The van der Waals surface area contributed by atoms with Gasteiger partial charge in [0.25, 0.3) is 0 Å². The van der Waals surface area contributed by atoms with Crippen molar-refractivity contribution in [2.45, 2.75) is 0 Å². The zero-order valence-corrected chi connectivity index (χ0v) is 13.9. The summed E-state index contributed by atoms with van der Waals surface area (Å²) < 4.78 is 15.5. The number of ketones is 1. The molecule has 0 spiro atoms. The van der Waals surface area contributed by atoms with Crippen LogP contribution in [0.3, 0.4) is 0 Å². The number of benzene rings is 2. The number of hydrogen-bond donors (Lipinski definition) is 0. The Kier molecular flexibility index (Phi) is 5.66. The lowest BCUT2D eigenvalue weighted by Crippen LogP contribution is -1.96. The first-order valence-electron chi connectivity index (χ1n) is 6.87. The van der Waals surface area contributed by atoms with Crippen LogP contribution in [0.5, 0.6) is 17.2 Å². The Balaban J connectivity index is 2.27. The highest BCUT2D eigenvalue weighted by molar-refractivity contribution is 6.34. The van der Waals surface area contributed by atoms with Gasteiger partial charge >= 0.3 is 0 Å². The average Bonchev–Trinajstić information content (AvgIpc) is 2.59. The molecule has 2 aromatic rings. The molecule has 120 valence electrons. The summed E-state index contributed by atoms with van der Waals surface area (Å²) in [5.41, 5.74) is 1.15. The SMILES string of the molecule is COc1ccc(C(=O)/C=C/c2cc(OC)ccc2OC)c(Cl)c1. The van der Waals surface area contributed by atoms with Gasteiger partial charge in [0.15, 0.2) is 5.78 Å². The minimum Gasteiger partial charge on any atom is -0.497 e. The van der Waals surface area contributed by atoms with Gasteiger partial charge in [-0.25, -0.2) is 0 Å². The molecule has 0 aliphatic rings. The molecule has 0 saturated heterocycles. The van der Waals surface area contributed by atoms with Crippen molar-refractivity contribution in [2.75, 3.05) is 21.3 Å². The zero-order chi connectivity index (χ0) is 16.8. The number of ether oxygens (including phenoxy) is 3. The zero-order valence-electron chi connectivity index (χ0n) is 13.1. The van der Waals surface area contributed by atoms with Gasteiger partial charge in [-0.2, -0.15) is 0 Å². The maximum atomic E-state index is 12.3. The highest BCUT2D eigenvalue weighted by Crippen LogP contribution is 2.26. The van der Waals surface area contributed by atoms with Gasteiger partial charge in [-0.15, -0.1) is 0 Å². The molecule has 0 N–H and O–H groups in total. The third kappa shape index (κ3) is 4.05. The van der Waals surface area contributed by atoms with Crippen molar-refractivity contribution in [2.24, 2.45) is 0 Å². The Morgan fingerprint density at radius 3 is 2.22 bits per heavy atom. The highest BCUT2D eigenvalue weighted by atomic mass is 35.5. The molecular formula is C18H17ClO4. The van der Waals surface area contributed by atoms with E-state index in [1.807, 2.05) is 0 Å². The van der Waals surface area contributed by atoms with Gasteiger partial charge in [-0.05, 0) is 48.6 Å². The normalized spacial score (nSPS) is 10.6. The van der Waals surface area contributed by atoms with Crippen LogP contribution in [0.15, 0.2) is 42.5 Å². The summed E-state index contributed by atoms with van der Waals surface area (Å²) in [6.07, 6.45) is 3.12. The van der Waals surface area contributed by atoms with Crippen molar-refractivity contribution < 1.29 is 19.0 Å². The molecule has 0 amide bonds. The van der Waals surface area contributed by atoms with Crippen LogP contribution < -0.4 is 14.2 Å². The first kappa shape index (κ1) is 16.9. The van der Waals surface area contributed by atoms with Crippen LogP contribution >= 0.6 is 11.6 Å². The number of carbonyl (C=O) groups is 1. The van der Waals surface area contributed by atoms with Gasteiger partial charge in [0, 0.05) is 11.1 Å². The van der Waals surface area contributed by atoms with Crippen LogP contribution in [0.25, 0.3) is 6.08 Å². The molecule has 0 aliphatic carbocycles. The molecule has 0 saturated carbocycles. The topological polar surface area (TPSA) is 44.8 Å². The van der Waals surface area contributed by atoms with E-state index in [-0.39, 0.29) is 5.78 Å². The lowest BCUT2D eigenvalue weighted by Gasteiger charge is -2.07. The van der Waals surface area contributed by atoms with Gasteiger partial charge in [-0.1, -0.05) is 11.6 Å². The number of allylic oxidation sites excluding steroid dienone is 1. The molecule has 0 aromatic heterocycles. The van der Waals surface area contributed by atoms with Crippen LogP contribution in [0.2, 0.25) is 5.02 Å². The predicted octanol–water partition coefficient (Wildman–Crippen LogP) is 4.26. The molecule has 23 heavy (non-hydrogen) atoms. The lowest BCUT2D eigenvalue weighted by molar-refractivity contribution is 0.104. The molecule has 4 nitrogen and oxygen atoms in total. The summed E-state index contributed by atoms with van der Waals surface area (Å²) >= 11 is 6.11. The summed E-state index contributed by atoms with van der Waals surface area (Å²) in [5, 5.41) is 0.344. The fourth-order valence-electron chi connectivity index (χ4n) is 2.05. The van der Waals surface area contributed by atoms with E-state index in [0.29, 0.717) is 27.8 Å². The Morgan fingerprint density at radius 1 is 0.957 bits per heavy atom. The second-order valence-electron chi connectivity index (χ2n) is 4.65. The van der Waals surface area contributed by atoms with Crippen LogP contribution in [0.1, 0.15) is 15.9 Å². The van der Waals surface area contributed by atoms with E-state index in [4.69, 9.17) is 25.8 Å². The molecular weight excluding hydrogens is 316 g/mol. The quantitative estimate of drug-likeness (QED) is 0.585. The second kappa shape index (κ2) is 7.70. The van der Waals surface area contributed by atoms with Crippen LogP contribution in [-0.4, -0.2) is 27.1 Å². The Morgan fingerprint density at radius 2 is 1.61 bits per heavy atom. The van der Waals surface area contributed by atoms with Crippen LogP contribution in [0, 0.1) is 0 Å². The van der Waals surface area contributed by atoms with Crippen molar-refractivity contribution >= 4 is 23.5 Å². The summed E-state index contributed by atoms with van der Waals surface area (Å²) in [6.45, 7) is 0. The number of methoxy groups -OCH3 is 3. The second-order valence-corrected chi connectivity index (χ2v) is 5.06. The molecule has 0 aliphatic heterocycles. The Bertz CT molecular complexity index is 738. The fraction of sp³-hybridized carbons (Fsp3) is 0.167. The number of hydrogen-bond acceptors (Lipinski definition) is 4. The molecule has 0 radical (unpaired) electrons. The third-order valence-corrected chi connectivity index (χ3v) is 3.61. The molecule has 5 heteroatoms.